The van der Waals surface area contributed by atoms with Crippen molar-refractivity contribution < 1.29 is 9.53 Å². The number of fused-ring (bicyclic) bond motifs is 1. The van der Waals surface area contributed by atoms with Gasteiger partial charge in [-0.05, 0) is 49.6 Å². The van der Waals surface area contributed by atoms with Crippen molar-refractivity contribution in [2.75, 3.05) is 19.6 Å². The van der Waals surface area contributed by atoms with Crippen molar-refractivity contribution in [3.8, 4) is 0 Å². The van der Waals surface area contributed by atoms with Gasteiger partial charge in [-0.3, -0.25) is 0 Å². The smallest absolute Gasteiger partial charge is 0.410 e. The van der Waals surface area contributed by atoms with Crippen LogP contribution in [0.3, 0.4) is 0 Å². The van der Waals surface area contributed by atoms with Crippen LogP contribution in [-0.2, 0) is 4.74 Å². The Bertz CT molecular complexity index is 749. The van der Waals surface area contributed by atoms with Crippen molar-refractivity contribution in [1.82, 2.24) is 10.2 Å². The predicted molar refractivity (Wildman–Crippen MR) is 97.2 cm³/mol. The number of hydrogen-bond donors (Lipinski definition) is 1. The molecule has 4 nitrogen and oxygen atoms in total. The highest BCUT2D eigenvalue weighted by Crippen LogP contribution is 2.28. The van der Waals surface area contributed by atoms with Gasteiger partial charge < -0.3 is 15.0 Å². The van der Waals surface area contributed by atoms with Gasteiger partial charge >= 0.3 is 6.09 Å². The van der Waals surface area contributed by atoms with Crippen LogP contribution in [0.25, 0.3) is 10.8 Å². The quantitative estimate of drug-likeness (QED) is 0.860. The van der Waals surface area contributed by atoms with Crippen LogP contribution in [0.5, 0.6) is 0 Å². The molecule has 1 heterocycles. The summed E-state index contributed by atoms with van der Waals surface area (Å²) in [6.07, 6.45) is -0.231. The molecule has 1 aliphatic rings. The number of hydrogen-bond acceptors (Lipinski definition) is 3. The zero-order valence-electron chi connectivity index (χ0n) is 14.9. The van der Waals surface area contributed by atoms with Gasteiger partial charge in [0, 0.05) is 19.6 Å². The largest absolute Gasteiger partial charge is 0.444 e. The summed E-state index contributed by atoms with van der Waals surface area (Å²) < 4.78 is 5.53. The Morgan fingerprint density at radius 1 is 1.17 bits per heavy atom. The summed E-state index contributed by atoms with van der Waals surface area (Å²) in [7, 11) is 0. The number of amides is 1. The number of nitrogens with one attached hydrogen (secondary N) is 1. The molecular formula is C20H26N2O2. The zero-order chi connectivity index (χ0) is 17.3. The Labute approximate surface area is 143 Å². The third-order valence-electron chi connectivity index (χ3n) is 4.38. The highest BCUT2D eigenvalue weighted by atomic mass is 16.6. The Morgan fingerprint density at radius 2 is 1.88 bits per heavy atom. The third-order valence-corrected chi connectivity index (χ3v) is 4.38. The first-order valence-electron chi connectivity index (χ1n) is 8.55. The molecule has 1 fully saturated rings. The van der Waals surface area contributed by atoms with Crippen LogP contribution in [0, 0.1) is 6.92 Å². The van der Waals surface area contributed by atoms with Gasteiger partial charge in [0.2, 0.25) is 0 Å². The topological polar surface area (TPSA) is 41.6 Å². The van der Waals surface area contributed by atoms with E-state index in [1.165, 1.54) is 21.9 Å². The predicted octanol–water partition coefficient (Wildman–Crippen LogP) is 4.03. The fraction of sp³-hybridized carbons (Fsp3) is 0.450. The number of nitrogens with zero attached hydrogens (tertiary/aromatic N) is 1. The van der Waals surface area contributed by atoms with Gasteiger partial charge in [-0.15, -0.1) is 0 Å². The maximum Gasteiger partial charge on any atom is 0.410 e. The molecule has 1 amide bonds. The van der Waals surface area contributed by atoms with E-state index < -0.39 is 5.60 Å². The summed E-state index contributed by atoms with van der Waals surface area (Å²) in [6.45, 7) is 9.91. The first kappa shape index (κ1) is 16.8. The van der Waals surface area contributed by atoms with E-state index in [2.05, 4.69) is 48.6 Å². The van der Waals surface area contributed by atoms with E-state index >= 15 is 0 Å². The molecule has 4 heteroatoms. The molecule has 1 unspecified atom stereocenters. The van der Waals surface area contributed by atoms with Crippen LogP contribution in [0.1, 0.15) is 37.9 Å². The zero-order valence-corrected chi connectivity index (χ0v) is 14.9. The number of ether oxygens (including phenoxy) is 1. The van der Waals surface area contributed by atoms with Gasteiger partial charge in [-0.1, -0.05) is 36.4 Å². The summed E-state index contributed by atoms with van der Waals surface area (Å²) in [5.74, 6) is 0. The monoisotopic (exact) mass is 326 g/mol. The number of carbonyl (C=O) groups excluding carboxylic acids is 1. The number of benzene rings is 2. The lowest BCUT2D eigenvalue weighted by atomic mass is 9.95. The molecule has 128 valence electrons. The summed E-state index contributed by atoms with van der Waals surface area (Å²) in [5, 5.41) is 6.07. The molecule has 1 atom stereocenters. The van der Waals surface area contributed by atoms with Crippen molar-refractivity contribution in [2.45, 2.75) is 39.3 Å². The van der Waals surface area contributed by atoms with Crippen LogP contribution >= 0.6 is 0 Å². The SMILES string of the molecule is Cc1ccc(C2CN(C(=O)OC(C)(C)C)CCN2)c2ccccc12. The first-order chi connectivity index (χ1) is 11.3. The second-order valence-electron chi connectivity index (χ2n) is 7.45. The number of carbonyl (C=O) groups is 1. The van der Waals surface area contributed by atoms with Crippen LogP contribution in [0.15, 0.2) is 36.4 Å². The molecular weight excluding hydrogens is 300 g/mol. The lowest BCUT2D eigenvalue weighted by molar-refractivity contribution is 0.0195. The Morgan fingerprint density at radius 3 is 2.58 bits per heavy atom. The van der Waals surface area contributed by atoms with Gasteiger partial charge in [-0.25, -0.2) is 4.79 Å². The third kappa shape index (κ3) is 3.54. The van der Waals surface area contributed by atoms with Gasteiger partial charge in [0.15, 0.2) is 0 Å². The van der Waals surface area contributed by atoms with Crippen LogP contribution in [0.2, 0.25) is 0 Å². The molecule has 0 radical (unpaired) electrons. The molecule has 24 heavy (non-hydrogen) atoms. The highest BCUT2D eigenvalue weighted by Gasteiger charge is 2.28. The molecule has 1 N–H and O–H groups in total. The summed E-state index contributed by atoms with van der Waals surface area (Å²) >= 11 is 0. The standard InChI is InChI=1S/C20H26N2O2/c1-14-9-10-17(16-8-6-5-7-15(14)16)18-13-22(12-11-21-18)19(23)24-20(2,3)4/h5-10,18,21H,11-13H2,1-4H3. The molecule has 0 saturated carbocycles. The van der Waals surface area contributed by atoms with Gasteiger partial charge in [0.05, 0.1) is 6.04 Å². The van der Waals surface area contributed by atoms with E-state index in [9.17, 15) is 4.79 Å². The highest BCUT2D eigenvalue weighted by molar-refractivity contribution is 5.89. The minimum Gasteiger partial charge on any atom is -0.444 e. The first-order valence-corrected chi connectivity index (χ1v) is 8.55. The lowest BCUT2D eigenvalue weighted by Gasteiger charge is -2.35. The van der Waals surface area contributed by atoms with E-state index in [0.717, 1.165) is 6.54 Å². The normalized spacial score (nSPS) is 18.7. The summed E-state index contributed by atoms with van der Waals surface area (Å²) in [5.41, 5.74) is 2.05. The summed E-state index contributed by atoms with van der Waals surface area (Å²) in [6, 6.07) is 12.9. The molecule has 0 spiro atoms. The van der Waals surface area contributed by atoms with Gasteiger partial charge in [0.1, 0.15) is 5.60 Å². The molecule has 3 rings (SSSR count). The molecule has 2 aromatic carbocycles. The molecule has 2 aromatic rings. The molecule has 0 aromatic heterocycles. The van der Waals surface area contributed by atoms with Crippen molar-refractivity contribution >= 4 is 16.9 Å². The Balaban J connectivity index is 1.86. The lowest BCUT2D eigenvalue weighted by Crippen LogP contribution is -2.49. The van der Waals surface area contributed by atoms with E-state index in [1.54, 1.807) is 4.90 Å². The van der Waals surface area contributed by atoms with Gasteiger partial charge in [0.25, 0.3) is 0 Å². The molecule has 0 bridgehead atoms. The number of rotatable bonds is 1. The Hall–Kier alpha value is -2.07. The number of aryl methyl sites for hydroxylation is 1. The van der Waals surface area contributed by atoms with Crippen molar-refractivity contribution in [2.24, 2.45) is 0 Å². The van der Waals surface area contributed by atoms with Crippen LogP contribution < -0.4 is 5.32 Å². The minimum atomic E-state index is -0.464. The van der Waals surface area contributed by atoms with Crippen molar-refractivity contribution in [3.05, 3.63) is 47.5 Å². The van der Waals surface area contributed by atoms with E-state index in [4.69, 9.17) is 4.74 Å². The second-order valence-corrected chi connectivity index (χ2v) is 7.45. The van der Waals surface area contributed by atoms with Crippen molar-refractivity contribution in [1.29, 1.82) is 0 Å². The molecule has 1 saturated heterocycles. The Kier molecular flexibility index (Phi) is 4.50. The van der Waals surface area contributed by atoms with E-state index in [0.29, 0.717) is 13.1 Å². The average Bonchev–Trinajstić information content (AvgIpc) is 2.54. The maximum atomic E-state index is 12.4. The average molecular weight is 326 g/mol. The second kappa shape index (κ2) is 6.44. The van der Waals surface area contributed by atoms with Crippen LogP contribution in [0.4, 0.5) is 4.79 Å². The fourth-order valence-electron chi connectivity index (χ4n) is 3.23. The van der Waals surface area contributed by atoms with Crippen molar-refractivity contribution in [3.63, 3.8) is 0 Å². The van der Waals surface area contributed by atoms with Crippen LogP contribution in [-0.4, -0.2) is 36.2 Å². The number of piperazine rings is 1. The minimum absolute atomic E-state index is 0.122. The van der Waals surface area contributed by atoms with E-state index in [1.807, 2.05) is 20.8 Å². The fourth-order valence-corrected chi connectivity index (χ4v) is 3.23. The molecule has 1 aliphatic heterocycles. The molecule has 0 aliphatic carbocycles. The van der Waals surface area contributed by atoms with E-state index in [-0.39, 0.29) is 12.1 Å². The van der Waals surface area contributed by atoms with Gasteiger partial charge in [-0.2, -0.15) is 0 Å². The summed E-state index contributed by atoms with van der Waals surface area (Å²) in [4.78, 5) is 14.2. The maximum absolute atomic E-state index is 12.4.